The lowest BCUT2D eigenvalue weighted by Crippen LogP contribution is -2.34. The average Bonchev–Trinajstić information content (AvgIpc) is 2.26. The fraction of sp³-hybridized carbons (Fsp3) is 0.583. The molecule has 0 amide bonds. The number of pyridine rings is 1. The highest BCUT2D eigenvalue weighted by Crippen LogP contribution is 2.13. The van der Waals surface area contributed by atoms with Crippen LogP contribution in [-0.2, 0) is 6.54 Å². The Morgan fingerprint density at radius 2 is 2.25 bits per heavy atom. The van der Waals surface area contributed by atoms with Gasteiger partial charge in [-0.1, -0.05) is 31.5 Å². The topological polar surface area (TPSA) is 45.1 Å². The molecule has 0 radical (unpaired) electrons. The lowest BCUT2D eigenvalue weighted by atomic mass is 10.0. The van der Waals surface area contributed by atoms with Gasteiger partial charge in [0, 0.05) is 31.0 Å². The summed E-state index contributed by atoms with van der Waals surface area (Å²) in [7, 11) is 0. The van der Waals surface area contributed by atoms with Gasteiger partial charge in [-0.2, -0.15) is 0 Å². The molecule has 0 aliphatic rings. The Labute approximate surface area is 102 Å². The van der Waals surface area contributed by atoms with E-state index in [0.29, 0.717) is 23.7 Å². The van der Waals surface area contributed by atoms with Gasteiger partial charge in [-0.3, -0.25) is 0 Å². The van der Waals surface area contributed by atoms with E-state index in [1.54, 1.807) is 6.20 Å². The molecule has 1 atom stereocenters. The minimum absolute atomic E-state index is 0.205. The fourth-order valence-electron chi connectivity index (χ4n) is 1.60. The van der Waals surface area contributed by atoms with E-state index in [4.69, 9.17) is 16.7 Å². The second-order valence-corrected chi connectivity index (χ2v) is 4.56. The molecular formula is C12H19ClN2O. The number of aliphatic hydroxyl groups is 1. The van der Waals surface area contributed by atoms with Gasteiger partial charge in [0.25, 0.3) is 0 Å². The third kappa shape index (κ3) is 4.08. The first-order valence-corrected chi connectivity index (χ1v) is 5.96. The molecule has 1 unspecified atom stereocenters. The van der Waals surface area contributed by atoms with Crippen LogP contribution >= 0.6 is 11.6 Å². The molecule has 90 valence electrons. The molecule has 0 saturated carbocycles. The largest absolute Gasteiger partial charge is 0.396 e. The monoisotopic (exact) mass is 242 g/mol. The van der Waals surface area contributed by atoms with Crippen LogP contribution < -0.4 is 5.32 Å². The third-order valence-corrected chi connectivity index (χ3v) is 2.98. The summed E-state index contributed by atoms with van der Waals surface area (Å²) in [6.45, 7) is 5.17. The summed E-state index contributed by atoms with van der Waals surface area (Å²) in [5.74, 6) is 0.489. The summed E-state index contributed by atoms with van der Waals surface area (Å²) >= 11 is 5.96. The van der Waals surface area contributed by atoms with Crippen LogP contribution in [0.1, 0.15) is 25.8 Å². The Kier molecular flexibility index (Phi) is 5.74. The van der Waals surface area contributed by atoms with E-state index in [0.717, 1.165) is 12.0 Å². The van der Waals surface area contributed by atoms with Crippen molar-refractivity contribution < 1.29 is 5.11 Å². The Bertz CT molecular complexity index is 318. The van der Waals surface area contributed by atoms with Crippen LogP contribution in [0.2, 0.25) is 5.15 Å². The van der Waals surface area contributed by atoms with Crippen LogP contribution in [0.25, 0.3) is 0 Å². The van der Waals surface area contributed by atoms with Crippen molar-refractivity contribution in [3.63, 3.8) is 0 Å². The first-order chi connectivity index (χ1) is 7.65. The molecule has 1 aromatic heterocycles. The number of hydrogen-bond acceptors (Lipinski definition) is 3. The maximum Gasteiger partial charge on any atom is 0.133 e. The van der Waals surface area contributed by atoms with E-state index < -0.39 is 0 Å². The first kappa shape index (κ1) is 13.4. The third-order valence-electron chi connectivity index (χ3n) is 2.64. The highest BCUT2D eigenvalue weighted by molar-refractivity contribution is 6.30. The van der Waals surface area contributed by atoms with Gasteiger partial charge in [-0.15, -0.1) is 0 Å². The molecule has 0 aromatic carbocycles. The molecule has 0 spiro atoms. The van der Waals surface area contributed by atoms with Crippen molar-refractivity contribution in [1.29, 1.82) is 0 Å². The van der Waals surface area contributed by atoms with Crippen LogP contribution in [-0.4, -0.2) is 22.7 Å². The highest BCUT2D eigenvalue weighted by atomic mass is 35.5. The Morgan fingerprint density at radius 1 is 1.50 bits per heavy atom. The molecule has 1 aromatic rings. The molecular weight excluding hydrogens is 224 g/mol. The highest BCUT2D eigenvalue weighted by Gasteiger charge is 2.12. The molecule has 0 aliphatic carbocycles. The van der Waals surface area contributed by atoms with E-state index in [1.165, 1.54) is 0 Å². The molecule has 0 bridgehead atoms. The van der Waals surface area contributed by atoms with E-state index in [2.05, 4.69) is 24.1 Å². The van der Waals surface area contributed by atoms with Crippen molar-refractivity contribution in [3.05, 3.63) is 29.0 Å². The number of rotatable bonds is 6. The van der Waals surface area contributed by atoms with E-state index in [-0.39, 0.29) is 6.61 Å². The minimum Gasteiger partial charge on any atom is -0.396 e. The number of halogens is 1. The zero-order chi connectivity index (χ0) is 12.0. The van der Waals surface area contributed by atoms with E-state index in [1.807, 2.05) is 12.1 Å². The van der Waals surface area contributed by atoms with Crippen molar-refractivity contribution in [3.8, 4) is 0 Å². The molecule has 3 nitrogen and oxygen atoms in total. The molecule has 0 saturated heterocycles. The van der Waals surface area contributed by atoms with E-state index >= 15 is 0 Å². The molecule has 16 heavy (non-hydrogen) atoms. The predicted molar refractivity (Wildman–Crippen MR) is 66.4 cm³/mol. The summed E-state index contributed by atoms with van der Waals surface area (Å²) in [4.78, 5) is 4.02. The smallest absolute Gasteiger partial charge is 0.133 e. The summed E-state index contributed by atoms with van der Waals surface area (Å²) in [6, 6.07) is 4.14. The van der Waals surface area contributed by atoms with Crippen LogP contribution in [0, 0.1) is 5.92 Å². The maximum absolute atomic E-state index is 8.96. The molecule has 4 heteroatoms. The number of aliphatic hydroxyl groups excluding tert-OH is 1. The van der Waals surface area contributed by atoms with Crippen LogP contribution in [0.3, 0.4) is 0 Å². The number of nitrogens with zero attached hydrogens (tertiary/aromatic N) is 1. The van der Waals surface area contributed by atoms with Gasteiger partial charge < -0.3 is 10.4 Å². The molecule has 0 aliphatic heterocycles. The Hall–Kier alpha value is -0.640. The fourth-order valence-corrected chi connectivity index (χ4v) is 1.79. The summed E-state index contributed by atoms with van der Waals surface area (Å²) in [6.07, 6.45) is 2.44. The van der Waals surface area contributed by atoms with Gasteiger partial charge in [0.2, 0.25) is 0 Å². The molecule has 2 N–H and O–H groups in total. The van der Waals surface area contributed by atoms with Gasteiger partial charge >= 0.3 is 0 Å². The normalized spacial score (nSPS) is 13.1. The van der Waals surface area contributed by atoms with Gasteiger partial charge in [0.15, 0.2) is 0 Å². The lowest BCUT2D eigenvalue weighted by Gasteiger charge is -2.21. The quantitative estimate of drug-likeness (QED) is 0.752. The van der Waals surface area contributed by atoms with Crippen LogP contribution in [0.5, 0.6) is 0 Å². The summed E-state index contributed by atoms with van der Waals surface area (Å²) < 4.78 is 0. The molecule has 1 rings (SSSR count). The van der Waals surface area contributed by atoms with Gasteiger partial charge in [0.05, 0.1) is 0 Å². The Balaban J connectivity index is 2.52. The lowest BCUT2D eigenvalue weighted by molar-refractivity contribution is 0.244. The second-order valence-electron chi connectivity index (χ2n) is 4.20. The number of nitrogens with one attached hydrogen (secondary N) is 1. The SMILES string of the molecule is CC(C)C(CCO)NCc1cccnc1Cl. The van der Waals surface area contributed by atoms with Crippen molar-refractivity contribution in [2.24, 2.45) is 5.92 Å². The zero-order valence-electron chi connectivity index (χ0n) is 9.78. The summed E-state index contributed by atoms with van der Waals surface area (Å²) in [5, 5.41) is 12.9. The number of aromatic nitrogens is 1. The van der Waals surface area contributed by atoms with Crippen molar-refractivity contribution in [2.75, 3.05) is 6.61 Å². The van der Waals surface area contributed by atoms with Gasteiger partial charge in [0.1, 0.15) is 5.15 Å². The Morgan fingerprint density at radius 3 is 2.81 bits per heavy atom. The molecule has 1 heterocycles. The average molecular weight is 243 g/mol. The molecule has 0 fully saturated rings. The second kappa shape index (κ2) is 6.84. The first-order valence-electron chi connectivity index (χ1n) is 5.58. The standard InChI is InChI=1S/C12H19ClN2O/c1-9(2)11(5-7-16)15-8-10-4-3-6-14-12(10)13/h3-4,6,9,11,15-16H,5,7-8H2,1-2H3. The minimum atomic E-state index is 0.205. The van der Waals surface area contributed by atoms with Gasteiger partial charge in [-0.25, -0.2) is 4.98 Å². The number of hydrogen-bond donors (Lipinski definition) is 2. The van der Waals surface area contributed by atoms with Crippen LogP contribution in [0.15, 0.2) is 18.3 Å². The maximum atomic E-state index is 8.96. The predicted octanol–water partition coefficient (Wildman–Crippen LogP) is 2.23. The van der Waals surface area contributed by atoms with Crippen molar-refractivity contribution in [2.45, 2.75) is 32.9 Å². The van der Waals surface area contributed by atoms with Gasteiger partial charge in [-0.05, 0) is 18.4 Å². The van der Waals surface area contributed by atoms with E-state index in [9.17, 15) is 0 Å². The summed E-state index contributed by atoms with van der Waals surface area (Å²) in [5.41, 5.74) is 0.993. The van der Waals surface area contributed by atoms with Crippen molar-refractivity contribution in [1.82, 2.24) is 10.3 Å². The van der Waals surface area contributed by atoms with Crippen molar-refractivity contribution >= 4 is 11.6 Å². The van der Waals surface area contributed by atoms with Crippen LogP contribution in [0.4, 0.5) is 0 Å². The zero-order valence-corrected chi connectivity index (χ0v) is 10.5.